The quantitative estimate of drug-likeness (QED) is 0.667. The highest BCUT2D eigenvalue weighted by Gasteiger charge is 2.09. The summed E-state index contributed by atoms with van der Waals surface area (Å²) in [6, 6.07) is 0.502. The first-order valence-corrected chi connectivity index (χ1v) is 4.89. The molecule has 1 heterocycles. The molecular formula is C8H14ClN3O2. The van der Waals surface area contributed by atoms with Crippen molar-refractivity contribution in [1.29, 1.82) is 0 Å². The van der Waals surface area contributed by atoms with Crippen LogP contribution in [0.1, 0.15) is 5.89 Å². The van der Waals surface area contributed by atoms with Gasteiger partial charge in [-0.1, -0.05) is 5.10 Å². The molecule has 0 saturated carbocycles. The van der Waals surface area contributed by atoms with Gasteiger partial charge in [-0.2, -0.15) is 0 Å². The summed E-state index contributed by atoms with van der Waals surface area (Å²) in [6.07, 6.45) is 0.604. The number of nitrogens with zero attached hydrogens (tertiary/aromatic N) is 3. The number of halogens is 1. The highest BCUT2D eigenvalue weighted by molar-refractivity contribution is 6.17. The molecule has 1 rings (SSSR count). The molecule has 0 aromatic carbocycles. The van der Waals surface area contributed by atoms with Gasteiger partial charge in [0.25, 0.3) is 0 Å². The molecule has 0 bridgehead atoms. The van der Waals surface area contributed by atoms with Gasteiger partial charge >= 0.3 is 6.01 Å². The highest BCUT2D eigenvalue weighted by atomic mass is 35.5. The molecule has 1 aromatic heterocycles. The van der Waals surface area contributed by atoms with Gasteiger partial charge in [-0.3, -0.25) is 0 Å². The van der Waals surface area contributed by atoms with E-state index in [2.05, 4.69) is 10.2 Å². The molecule has 5 nitrogen and oxygen atoms in total. The molecule has 0 atom stereocenters. The first-order valence-electron chi connectivity index (χ1n) is 4.36. The van der Waals surface area contributed by atoms with E-state index in [1.807, 2.05) is 11.9 Å². The zero-order valence-corrected chi connectivity index (χ0v) is 9.12. The minimum atomic E-state index is 0.490. The van der Waals surface area contributed by atoms with Gasteiger partial charge in [0.05, 0.1) is 6.61 Å². The van der Waals surface area contributed by atoms with E-state index in [-0.39, 0.29) is 0 Å². The Kier molecular flexibility index (Phi) is 4.69. The molecule has 0 spiro atoms. The number of anilines is 1. The number of likely N-dealkylation sites (N-methyl/N-ethyl adjacent to an activating group) is 1. The Morgan fingerprint density at radius 3 is 2.93 bits per heavy atom. The lowest BCUT2D eigenvalue weighted by Crippen LogP contribution is -2.22. The van der Waals surface area contributed by atoms with Crippen LogP contribution in [-0.2, 0) is 11.2 Å². The van der Waals surface area contributed by atoms with E-state index in [1.54, 1.807) is 7.11 Å². The Hall–Kier alpha value is -0.810. The molecule has 0 aliphatic rings. The summed E-state index contributed by atoms with van der Waals surface area (Å²) in [6.45, 7) is 1.35. The standard InChI is InChI=1S/C8H14ClN3O2/c1-12(5-6-13-2)8-11-10-7(14-8)3-4-9/h3-6H2,1-2H3. The summed E-state index contributed by atoms with van der Waals surface area (Å²) in [7, 11) is 3.53. The Morgan fingerprint density at radius 1 is 1.50 bits per heavy atom. The van der Waals surface area contributed by atoms with E-state index < -0.39 is 0 Å². The Balaban J connectivity index is 2.48. The van der Waals surface area contributed by atoms with Crippen molar-refractivity contribution in [3.63, 3.8) is 0 Å². The fourth-order valence-electron chi connectivity index (χ4n) is 0.905. The van der Waals surface area contributed by atoms with Crippen LogP contribution in [0.5, 0.6) is 0 Å². The van der Waals surface area contributed by atoms with Gasteiger partial charge in [0, 0.05) is 33.0 Å². The minimum absolute atomic E-state index is 0.490. The normalized spacial score (nSPS) is 10.5. The van der Waals surface area contributed by atoms with Crippen molar-refractivity contribution in [2.45, 2.75) is 6.42 Å². The fraction of sp³-hybridized carbons (Fsp3) is 0.750. The van der Waals surface area contributed by atoms with Crippen LogP contribution in [0.25, 0.3) is 0 Å². The third-order valence-corrected chi connectivity index (χ3v) is 1.91. The first kappa shape index (κ1) is 11.3. The maximum Gasteiger partial charge on any atom is 0.317 e. The number of rotatable bonds is 6. The van der Waals surface area contributed by atoms with Crippen LogP contribution < -0.4 is 4.90 Å². The van der Waals surface area contributed by atoms with Crippen molar-refractivity contribution in [1.82, 2.24) is 10.2 Å². The first-order chi connectivity index (χ1) is 6.77. The predicted molar refractivity (Wildman–Crippen MR) is 53.9 cm³/mol. The maximum absolute atomic E-state index is 5.55. The Labute approximate surface area is 88.0 Å². The minimum Gasteiger partial charge on any atom is -0.408 e. The van der Waals surface area contributed by atoms with E-state index in [1.165, 1.54) is 0 Å². The molecule has 0 aliphatic carbocycles. The van der Waals surface area contributed by atoms with Crippen molar-refractivity contribution in [3.05, 3.63) is 5.89 Å². The molecule has 6 heteroatoms. The summed E-state index contributed by atoms with van der Waals surface area (Å²) >= 11 is 5.55. The van der Waals surface area contributed by atoms with Gasteiger partial charge in [-0.05, 0) is 0 Å². The Morgan fingerprint density at radius 2 is 2.29 bits per heavy atom. The number of ether oxygens (including phenoxy) is 1. The smallest absolute Gasteiger partial charge is 0.317 e. The monoisotopic (exact) mass is 219 g/mol. The summed E-state index contributed by atoms with van der Waals surface area (Å²) < 4.78 is 10.3. The van der Waals surface area contributed by atoms with Crippen LogP contribution in [0.3, 0.4) is 0 Å². The summed E-state index contributed by atoms with van der Waals surface area (Å²) in [5.74, 6) is 1.06. The second-order valence-corrected chi connectivity index (χ2v) is 3.21. The molecule has 0 N–H and O–H groups in total. The van der Waals surface area contributed by atoms with E-state index >= 15 is 0 Å². The number of hydrogen-bond acceptors (Lipinski definition) is 5. The van der Waals surface area contributed by atoms with Crippen molar-refractivity contribution >= 4 is 17.6 Å². The molecule has 1 aromatic rings. The van der Waals surface area contributed by atoms with Crippen molar-refractivity contribution in [3.8, 4) is 0 Å². The van der Waals surface area contributed by atoms with Crippen LogP contribution in [0.15, 0.2) is 4.42 Å². The summed E-state index contributed by atoms with van der Waals surface area (Å²) in [4.78, 5) is 1.84. The average Bonchev–Trinajstić information content (AvgIpc) is 2.63. The van der Waals surface area contributed by atoms with E-state index in [4.69, 9.17) is 20.8 Å². The van der Waals surface area contributed by atoms with Crippen LogP contribution >= 0.6 is 11.6 Å². The number of aryl methyl sites for hydroxylation is 1. The van der Waals surface area contributed by atoms with E-state index in [0.29, 0.717) is 30.8 Å². The number of alkyl halides is 1. The Bertz CT molecular complexity index is 267. The SMILES string of the molecule is COCCN(C)c1nnc(CCCl)o1. The second kappa shape index (κ2) is 5.82. The number of methoxy groups -OCH3 is 1. The fourth-order valence-corrected chi connectivity index (χ4v) is 1.07. The zero-order chi connectivity index (χ0) is 10.4. The average molecular weight is 220 g/mol. The molecule has 0 unspecified atom stereocenters. The summed E-state index contributed by atoms with van der Waals surface area (Å²) in [5, 5.41) is 7.73. The maximum atomic E-state index is 5.55. The van der Waals surface area contributed by atoms with Gasteiger partial charge in [0.1, 0.15) is 0 Å². The topological polar surface area (TPSA) is 51.4 Å². The van der Waals surface area contributed by atoms with Crippen molar-refractivity contribution in [2.75, 3.05) is 38.1 Å². The number of hydrogen-bond donors (Lipinski definition) is 0. The molecule has 80 valence electrons. The molecular weight excluding hydrogens is 206 g/mol. The molecule has 0 aliphatic heterocycles. The molecule has 0 fully saturated rings. The van der Waals surface area contributed by atoms with Crippen LogP contribution in [0.2, 0.25) is 0 Å². The predicted octanol–water partition coefficient (Wildman–Crippen LogP) is 0.933. The van der Waals surface area contributed by atoms with Crippen molar-refractivity contribution in [2.24, 2.45) is 0 Å². The third kappa shape index (κ3) is 3.16. The van der Waals surface area contributed by atoms with Gasteiger partial charge in [-0.25, -0.2) is 0 Å². The van der Waals surface area contributed by atoms with E-state index in [0.717, 1.165) is 6.54 Å². The molecule has 0 radical (unpaired) electrons. The highest BCUT2D eigenvalue weighted by Crippen LogP contribution is 2.10. The van der Waals surface area contributed by atoms with Gasteiger partial charge < -0.3 is 14.1 Å². The zero-order valence-electron chi connectivity index (χ0n) is 8.36. The molecule has 14 heavy (non-hydrogen) atoms. The van der Waals surface area contributed by atoms with Gasteiger partial charge in [-0.15, -0.1) is 16.7 Å². The van der Waals surface area contributed by atoms with Crippen LogP contribution in [0, 0.1) is 0 Å². The molecule has 0 saturated heterocycles. The van der Waals surface area contributed by atoms with Crippen LogP contribution in [0.4, 0.5) is 6.01 Å². The van der Waals surface area contributed by atoms with Crippen LogP contribution in [-0.4, -0.2) is 43.4 Å². The lowest BCUT2D eigenvalue weighted by Gasteiger charge is -2.12. The van der Waals surface area contributed by atoms with Gasteiger partial charge in [0.15, 0.2) is 0 Å². The number of aromatic nitrogens is 2. The van der Waals surface area contributed by atoms with Gasteiger partial charge in [0.2, 0.25) is 5.89 Å². The second-order valence-electron chi connectivity index (χ2n) is 2.83. The van der Waals surface area contributed by atoms with Crippen molar-refractivity contribution < 1.29 is 9.15 Å². The largest absolute Gasteiger partial charge is 0.408 e. The lowest BCUT2D eigenvalue weighted by atomic mass is 10.5. The lowest BCUT2D eigenvalue weighted by molar-refractivity contribution is 0.205. The van der Waals surface area contributed by atoms with E-state index in [9.17, 15) is 0 Å². The third-order valence-electron chi connectivity index (χ3n) is 1.72. The molecule has 0 amide bonds. The summed E-state index contributed by atoms with van der Waals surface area (Å²) in [5.41, 5.74) is 0.